The fourth-order valence-corrected chi connectivity index (χ4v) is 1.51. The molecule has 2 nitrogen and oxygen atoms in total. The third-order valence-corrected chi connectivity index (χ3v) is 2.93. The van der Waals surface area contributed by atoms with Gasteiger partial charge in [-0.25, -0.2) is 0 Å². The van der Waals surface area contributed by atoms with Crippen LogP contribution in [0.2, 0.25) is 0 Å². The molecule has 0 saturated heterocycles. The van der Waals surface area contributed by atoms with Gasteiger partial charge in [0.1, 0.15) is 0 Å². The standard InChI is InChI=1S/C12H27NO/c1-7-11(10(2)3)13-9-8-12(4,5)14-6/h10-11,13H,7-9H2,1-6H3. The maximum atomic E-state index is 5.37. The topological polar surface area (TPSA) is 21.3 Å². The van der Waals surface area contributed by atoms with Crippen molar-refractivity contribution in [1.82, 2.24) is 5.32 Å². The van der Waals surface area contributed by atoms with Gasteiger partial charge in [-0.1, -0.05) is 20.8 Å². The third-order valence-electron chi connectivity index (χ3n) is 2.93. The van der Waals surface area contributed by atoms with Crippen LogP contribution >= 0.6 is 0 Å². The number of methoxy groups -OCH3 is 1. The smallest absolute Gasteiger partial charge is 0.0634 e. The molecule has 0 bridgehead atoms. The molecule has 1 N–H and O–H groups in total. The minimum Gasteiger partial charge on any atom is -0.379 e. The second-order valence-electron chi connectivity index (χ2n) is 4.93. The summed E-state index contributed by atoms with van der Waals surface area (Å²) in [6, 6.07) is 0.641. The quantitative estimate of drug-likeness (QED) is 0.684. The van der Waals surface area contributed by atoms with E-state index in [0.717, 1.165) is 13.0 Å². The lowest BCUT2D eigenvalue weighted by molar-refractivity contribution is 0.0150. The molecule has 0 radical (unpaired) electrons. The van der Waals surface area contributed by atoms with Gasteiger partial charge in [-0.3, -0.25) is 0 Å². The summed E-state index contributed by atoms with van der Waals surface area (Å²) >= 11 is 0. The zero-order chi connectivity index (χ0) is 11.2. The van der Waals surface area contributed by atoms with E-state index in [9.17, 15) is 0 Å². The second-order valence-corrected chi connectivity index (χ2v) is 4.93. The van der Waals surface area contributed by atoms with Crippen molar-refractivity contribution in [3.05, 3.63) is 0 Å². The van der Waals surface area contributed by atoms with Crippen molar-refractivity contribution >= 4 is 0 Å². The fraction of sp³-hybridized carbons (Fsp3) is 1.00. The average molecular weight is 201 g/mol. The molecule has 0 aromatic rings. The Bertz CT molecular complexity index is 143. The van der Waals surface area contributed by atoms with E-state index in [4.69, 9.17) is 4.74 Å². The summed E-state index contributed by atoms with van der Waals surface area (Å²) in [5, 5.41) is 3.58. The highest BCUT2D eigenvalue weighted by atomic mass is 16.5. The van der Waals surface area contributed by atoms with E-state index in [1.165, 1.54) is 6.42 Å². The Hall–Kier alpha value is -0.0800. The van der Waals surface area contributed by atoms with E-state index in [-0.39, 0.29) is 5.60 Å². The van der Waals surface area contributed by atoms with E-state index in [2.05, 4.69) is 39.9 Å². The van der Waals surface area contributed by atoms with Crippen LogP contribution < -0.4 is 5.32 Å². The number of nitrogens with one attached hydrogen (secondary N) is 1. The van der Waals surface area contributed by atoms with Gasteiger partial charge < -0.3 is 10.1 Å². The Morgan fingerprint density at radius 1 is 1.29 bits per heavy atom. The van der Waals surface area contributed by atoms with Crippen LogP contribution in [0.25, 0.3) is 0 Å². The minimum atomic E-state index is 0.00225. The zero-order valence-corrected chi connectivity index (χ0v) is 10.7. The molecule has 0 aliphatic heterocycles. The van der Waals surface area contributed by atoms with E-state index >= 15 is 0 Å². The lowest BCUT2D eigenvalue weighted by Crippen LogP contribution is -2.37. The summed E-state index contributed by atoms with van der Waals surface area (Å²) in [7, 11) is 1.78. The van der Waals surface area contributed by atoms with Crippen molar-refractivity contribution in [1.29, 1.82) is 0 Å². The monoisotopic (exact) mass is 201 g/mol. The SMILES string of the molecule is CCC(NCCC(C)(C)OC)C(C)C. The number of ether oxygens (including phenoxy) is 1. The van der Waals surface area contributed by atoms with Crippen molar-refractivity contribution in [2.75, 3.05) is 13.7 Å². The molecule has 0 aromatic carbocycles. The fourth-order valence-electron chi connectivity index (χ4n) is 1.51. The van der Waals surface area contributed by atoms with Gasteiger partial charge in [0.05, 0.1) is 5.60 Å². The van der Waals surface area contributed by atoms with Gasteiger partial charge >= 0.3 is 0 Å². The maximum Gasteiger partial charge on any atom is 0.0634 e. The molecule has 1 unspecified atom stereocenters. The first-order valence-electron chi connectivity index (χ1n) is 5.71. The highest BCUT2D eigenvalue weighted by Crippen LogP contribution is 2.12. The molecule has 2 heteroatoms. The van der Waals surface area contributed by atoms with Gasteiger partial charge in [0.15, 0.2) is 0 Å². The Kier molecular flexibility index (Phi) is 6.38. The van der Waals surface area contributed by atoms with Crippen LogP contribution in [-0.4, -0.2) is 25.3 Å². The van der Waals surface area contributed by atoms with E-state index in [1.807, 2.05) is 0 Å². The van der Waals surface area contributed by atoms with E-state index < -0.39 is 0 Å². The van der Waals surface area contributed by atoms with Crippen LogP contribution in [0.4, 0.5) is 0 Å². The highest BCUT2D eigenvalue weighted by Gasteiger charge is 2.17. The average Bonchev–Trinajstić information content (AvgIpc) is 2.12. The first-order valence-corrected chi connectivity index (χ1v) is 5.71. The molecule has 86 valence electrons. The molecule has 0 amide bonds. The molecule has 14 heavy (non-hydrogen) atoms. The largest absolute Gasteiger partial charge is 0.379 e. The molecule has 1 atom stereocenters. The summed E-state index contributed by atoms with van der Waals surface area (Å²) in [5.41, 5.74) is 0.00225. The normalized spacial score (nSPS) is 14.8. The number of rotatable bonds is 7. The summed E-state index contributed by atoms with van der Waals surface area (Å²) in [6.07, 6.45) is 2.26. The van der Waals surface area contributed by atoms with Crippen molar-refractivity contribution in [3.63, 3.8) is 0 Å². The van der Waals surface area contributed by atoms with Crippen LogP contribution in [-0.2, 0) is 4.74 Å². The lowest BCUT2D eigenvalue weighted by Gasteiger charge is -2.26. The van der Waals surface area contributed by atoms with Gasteiger partial charge in [-0.05, 0) is 39.2 Å². The molecule has 0 saturated carbocycles. The minimum absolute atomic E-state index is 0.00225. The molecular formula is C12H27NO. The molecule has 0 aliphatic rings. The highest BCUT2D eigenvalue weighted by molar-refractivity contribution is 4.73. The van der Waals surface area contributed by atoms with Crippen molar-refractivity contribution in [2.24, 2.45) is 5.92 Å². The zero-order valence-electron chi connectivity index (χ0n) is 10.7. The number of hydrogen-bond acceptors (Lipinski definition) is 2. The van der Waals surface area contributed by atoms with Crippen LogP contribution in [0, 0.1) is 5.92 Å². The summed E-state index contributed by atoms with van der Waals surface area (Å²) < 4.78 is 5.37. The van der Waals surface area contributed by atoms with Crippen molar-refractivity contribution in [2.45, 2.75) is 59.1 Å². The lowest BCUT2D eigenvalue weighted by atomic mass is 10.0. The van der Waals surface area contributed by atoms with Gasteiger partial charge in [-0.15, -0.1) is 0 Å². The van der Waals surface area contributed by atoms with Crippen LogP contribution in [0.15, 0.2) is 0 Å². The summed E-state index contributed by atoms with van der Waals surface area (Å²) in [5.74, 6) is 0.714. The molecule has 0 spiro atoms. The van der Waals surface area contributed by atoms with Crippen LogP contribution in [0.5, 0.6) is 0 Å². The third kappa shape index (κ3) is 5.61. The Labute approximate surface area is 89.4 Å². The molecule has 0 heterocycles. The molecular weight excluding hydrogens is 174 g/mol. The Morgan fingerprint density at radius 2 is 1.86 bits per heavy atom. The molecule has 0 fully saturated rings. The van der Waals surface area contributed by atoms with Gasteiger partial charge in [0, 0.05) is 13.2 Å². The van der Waals surface area contributed by atoms with Gasteiger partial charge in [-0.2, -0.15) is 0 Å². The predicted molar refractivity (Wildman–Crippen MR) is 62.6 cm³/mol. The first kappa shape index (κ1) is 13.9. The number of hydrogen-bond donors (Lipinski definition) is 1. The van der Waals surface area contributed by atoms with Crippen LogP contribution in [0.3, 0.4) is 0 Å². The maximum absolute atomic E-state index is 5.37. The van der Waals surface area contributed by atoms with Crippen molar-refractivity contribution < 1.29 is 4.74 Å². The Morgan fingerprint density at radius 3 is 2.21 bits per heavy atom. The predicted octanol–water partition coefficient (Wildman–Crippen LogP) is 2.83. The molecule has 0 aromatic heterocycles. The molecule has 0 rings (SSSR count). The summed E-state index contributed by atoms with van der Waals surface area (Å²) in [6.45, 7) is 12.1. The first-order chi connectivity index (χ1) is 6.43. The van der Waals surface area contributed by atoms with Crippen LogP contribution in [0.1, 0.15) is 47.5 Å². The second kappa shape index (κ2) is 6.41. The molecule has 0 aliphatic carbocycles. The Balaban J connectivity index is 3.71. The van der Waals surface area contributed by atoms with Crippen molar-refractivity contribution in [3.8, 4) is 0 Å². The summed E-state index contributed by atoms with van der Waals surface area (Å²) in [4.78, 5) is 0. The van der Waals surface area contributed by atoms with E-state index in [0.29, 0.717) is 12.0 Å². The van der Waals surface area contributed by atoms with Gasteiger partial charge in [0.25, 0.3) is 0 Å². The van der Waals surface area contributed by atoms with Gasteiger partial charge in [0.2, 0.25) is 0 Å². The van der Waals surface area contributed by atoms with E-state index in [1.54, 1.807) is 7.11 Å².